The van der Waals surface area contributed by atoms with E-state index in [1.54, 1.807) is 0 Å². The van der Waals surface area contributed by atoms with Crippen molar-refractivity contribution in [3.63, 3.8) is 0 Å². The van der Waals surface area contributed by atoms with Gasteiger partial charge in [0.05, 0.1) is 17.3 Å². The van der Waals surface area contributed by atoms with Crippen LogP contribution in [-0.2, 0) is 7.05 Å². The summed E-state index contributed by atoms with van der Waals surface area (Å²) in [5.41, 5.74) is 4.87. The predicted octanol–water partition coefficient (Wildman–Crippen LogP) is 3.17. The molecule has 0 aromatic carbocycles. The SMILES string of the molecule is CCC(NC(=O)c1cc2ccccn2c1)c1c(C)nn(C)c1C. The van der Waals surface area contributed by atoms with Crippen LogP contribution in [0.25, 0.3) is 5.52 Å². The molecule has 5 nitrogen and oxygen atoms in total. The minimum absolute atomic E-state index is 0.0285. The van der Waals surface area contributed by atoms with Crippen molar-refractivity contribution >= 4 is 11.4 Å². The number of hydrogen-bond donors (Lipinski definition) is 1. The molecule has 1 unspecified atom stereocenters. The molecule has 5 heteroatoms. The molecular weight excluding hydrogens is 288 g/mol. The summed E-state index contributed by atoms with van der Waals surface area (Å²) in [6.07, 6.45) is 4.63. The van der Waals surface area contributed by atoms with Gasteiger partial charge in [-0.05, 0) is 38.5 Å². The van der Waals surface area contributed by atoms with Gasteiger partial charge in [0.15, 0.2) is 0 Å². The lowest BCUT2D eigenvalue weighted by Gasteiger charge is -2.17. The summed E-state index contributed by atoms with van der Waals surface area (Å²) in [5, 5.41) is 7.61. The van der Waals surface area contributed by atoms with Crippen LogP contribution in [0.2, 0.25) is 0 Å². The first-order chi connectivity index (χ1) is 11.0. The minimum Gasteiger partial charge on any atom is -0.345 e. The standard InChI is InChI=1S/C18H22N4O/c1-5-16(17-12(2)20-21(4)13(17)3)19-18(23)14-10-15-8-6-7-9-22(15)11-14/h6-11,16H,5H2,1-4H3,(H,19,23). The minimum atomic E-state index is -0.0526. The van der Waals surface area contributed by atoms with Crippen LogP contribution in [0, 0.1) is 13.8 Å². The molecule has 0 saturated heterocycles. The number of hydrogen-bond acceptors (Lipinski definition) is 2. The van der Waals surface area contributed by atoms with Crippen LogP contribution in [0.3, 0.4) is 0 Å². The number of aryl methyl sites for hydroxylation is 2. The number of nitrogens with zero attached hydrogens (tertiary/aromatic N) is 3. The zero-order valence-corrected chi connectivity index (χ0v) is 14.0. The third-order valence-electron chi connectivity index (χ3n) is 4.39. The number of carbonyl (C=O) groups excluding carboxylic acids is 1. The lowest BCUT2D eigenvalue weighted by molar-refractivity contribution is 0.0935. The Labute approximate surface area is 135 Å². The van der Waals surface area contributed by atoms with Crippen molar-refractivity contribution in [2.45, 2.75) is 33.2 Å². The molecule has 0 aliphatic heterocycles. The predicted molar refractivity (Wildman–Crippen MR) is 90.6 cm³/mol. The average Bonchev–Trinajstić information content (AvgIpc) is 3.07. The Kier molecular flexibility index (Phi) is 3.94. The van der Waals surface area contributed by atoms with Gasteiger partial charge in [-0.2, -0.15) is 5.10 Å². The molecule has 3 aromatic rings. The molecule has 3 heterocycles. The highest BCUT2D eigenvalue weighted by Gasteiger charge is 2.21. The van der Waals surface area contributed by atoms with Gasteiger partial charge in [0.2, 0.25) is 0 Å². The maximum atomic E-state index is 12.6. The zero-order valence-electron chi connectivity index (χ0n) is 14.0. The molecule has 0 fully saturated rings. The van der Waals surface area contributed by atoms with E-state index in [9.17, 15) is 4.79 Å². The van der Waals surface area contributed by atoms with E-state index in [1.165, 1.54) is 0 Å². The van der Waals surface area contributed by atoms with Crippen molar-refractivity contribution in [2.24, 2.45) is 7.05 Å². The summed E-state index contributed by atoms with van der Waals surface area (Å²) in [6.45, 7) is 6.10. The Bertz CT molecular complexity index is 826. The highest BCUT2D eigenvalue weighted by molar-refractivity contribution is 5.95. The number of amides is 1. The Balaban J connectivity index is 1.87. The summed E-state index contributed by atoms with van der Waals surface area (Å²) >= 11 is 0. The van der Waals surface area contributed by atoms with Gasteiger partial charge in [0.1, 0.15) is 0 Å². The molecule has 1 N–H and O–H groups in total. The summed E-state index contributed by atoms with van der Waals surface area (Å²) in [4.78, 5) is 12.6. The van der Waals surface area contributed by atoms with E-state index >= 15 is 0 Å². The van der Waals surface area contributed by atoms with Crippen LogP contribution in [0.5, 0.6) is 0 Å². The molecule has 0 aliphatic carbocycles. The molecule has 3 rings (SSSR count). The Hall–Kier alpha value is -2.56. The Morgan fingerprint density at radius 3 is 2.74 bits per heavy atom. The molecule has 0 spiro atoms. The normalized spacial score (nSPS) is 12.5. The molecule has 120 valence electrons. The highest BCUT2D eigenvalue weighted by Crippen LogP contribution is 2.24. The lowest BCUT2D eigenvalue weighted by Crippen LogP contribution is -2.28. The van der Waals surface area contributed by atoms with Gasteiger partial charge >= 0.3 is 0 Å². The molecule has 1 amide bonds. The average molecular weight is 310 g/mol. The number of nitrogens with one attached hydrogen (secondary N) is 1. The van der Waals surface area contributed by atoms with Gasteiger partial charge in [0, 0.05) is 36.2 Å². The molecule has 0 radical (unpaired) electrons. The topological polar surface area (TPSA) is 51.3 Å². The molecule has 0 bridgehead atoms. The van der Waals surface area contributed by atoms with E-state index in [0.29, 0.717) is 5.56 Å². The number of fused-ring (bicyclic) bond motifs is 1. The second-order valence-electron chi connectivity index (χ2n) is 5.90. The maximum Gasteiger partial charge on any atom is 0.253 e. The van der Waals surface area contributed by atoms with Crippen molar-refractivity contribution < 1.29 is 4.79 Å². The third kappa shape index (κ3) is 2.74. The smallest absolute Gasteiger partial charge is 0.253 e. The van der Waals surface area contributed by atoms with E-state index in [-0.39, 0.29) is 11.9 Å². The van der Waals surface area contributed by atoms with Crippen molar-refractivity contribution in [1.82, 2.24) is 19.5 Å². The van der Waals surface area contributed by atoms with Crippen molar-refractivity contribution in [2.75, 3.05) is 0 Å². The first-order valence-electron chi connectivity index (χ1n) is 7.89. The maximum absolute atomic E-state index is 12.6. The van der Waals surface area contributed by atoms with Crippen LogP contribution in [-0.4, -0.2) is 20.1 Å². The van der Waals surface area contributed by atoms with Gasteiger partial charge in [-0.15, -0.1) is 0 Å². The second kappa shape index (κ2) is 5.91. The second-order valence-corrected chi connectivity index (χ2v) is 5.90. The third-order valence-corrected chi connectivity index (χ3v) is 4.39. The van der Waals surface area contributed by atoms with Crippen LogP contribution >= 0.6 is 0 Å². The van der Waals surface area contributed by atoms with E-state index in [1.807, 2.05) is 66.6 Å². The van der Waals surface area contributed by atoms with Crippen LogP contribution in [0.15, 0.2) is 36.7 Å². The van der Waals surface area contributed by atoms with E-state index in [0.717, 1.165) is 28.9 Å². The van der Waals surface area contributed by atoms with Crippen LogP contribution in [0.1, 0.15) is 46.7 Å². The van der Waals surface area contributed by atoms with Crippen molar-refractivity contribution in [3.05, 3.63) is 59.2 Å². The van der Waals surface area contributed by atoms with Gasteiger partial charge in [-0.25, -0.2) is 0 Å². The molecule has 3 aromatic heterocycles. The highest BCUT2D eigenvalue weighted by atomic mass is 16.1. The van der Waals surface area contributed by atoms with E-state index < -0.39 is 0 Å². The Morgan fingerprint density at radius 2 is 2.13 bits per heavy atom. The van der Waals surface area contributed by atoms with Crippen molar-refractivity contribution in [1.29, 1.82) is 0 Å². The number of pyridine rings is 1. The summed E-state index contributed by atoms with van der Waals surface area (Å²) in [7, 11) is 1.93. The fourth-order valence-electron chi connectivity index (χ4n) is 3.09. The fourth-order valence-corrected chi connectivity index (χ4v) is 3.09. The lowest BCUT2D eigenvalue weighted by atomic mass is 10.0. The molecule has 0 aliphatic rings. The summed E-state index contributed by atoms with van der Waals surface area (Å²) in [5.74, 6) is -0.0526. The molecule has 0 saturated carbocycles. The first-order valence-corrected chi connectivity index (χ1v) is 7.89. The van der Waals surface area contributed by atoms with Crippen LogP contribution < -0.4 is 5.32 Å². The van der Waals surface area contributed by atoms with Gasteiger partial charge < -0.3 is 9.72 Å². The number of aromatic nitrogens is 3. The Morgan fingerprint density at radius 1 is 1.35 bits per heavy atom. The quantitative estimate of drug-likeness (QED) is 0.804. The van der Waals surface area contributed by atoms with Gasteiger partial charge in [0.25, 0.3) is 5.91 Å². The van der Waals surface area contributed by atoms with Crippen molar-refractivity contribution in [3.8, 4) is 0 Å². The monoisotopic (exact) mass is 310 g/mol. The molecule has 23 heavy (non-hydrogen) atoms. The largest absolute Gasteiger partial charge is 0.345 e. The number of carbonyl (C=O) groups is 1. The van der Waals surface area contributed by atoms with Gasteiger partial charge in [-0.3, -0.25) is 9.48 Å². The molecule has 1 atom stereocenters. The summed E-state index contributed by atoms with van der Waals surface area (Å²) in [6, 6.07) is 7.79. The number of rotatable bonds is 4. The zero-order chi connectivity index (χ0) is 16.6. The van der Waals surface area contributed by atoms with E-state index in [4.69, 9.17) is 0 Å². The van der Waals surface area contributed by atoms with E-state index in [2.05, 4.69) is 17.3 Å². The summed E-state index contributed by atoms with van der Waals surface area (Å²) < 4.78 is 3.82. The first kappa shape index (κ1) is 15.3. The molecular formula is C18H22N4O. The van der Waals surface area contributed by atoms with Gasteiger partial charge in [-0.1, -0.05) is 13.0 Å². The fraction of sp³-hybridized carbons (Fsp3) is 0.333. The van der Waals surface area contributed by atoms with Crippen LogP contribution in [0.4, 0.5) is 0 Å².